The molecular formula is C52H89N17O13S. The van der Waals surface area contributed by atoms with Gasteiger partial charge in [-0.05, 0) is 95.1 Å². The molecule has 2 rings (SSSR count). The molecule has 0 unspecified atom stereocenters. The number of nitrogens with one attached hydrogen (secondary N) is 11. The second-order valence-corrected chi connectivity index (χ2v) is 22.2. The van der Waals surface area contributed by atoms with Gasteiger partial charge in [0.25, 0.3) is 0 Å². The van der Waals surface area contributed by atoms with Crippen molar-refractivity contribution in [3.63, 3.8) is 0 Å². The molecule has 1 saturated heterocycles. The topological polar surface area (TPSA) is 490 Å². The molecule has 2 heterocycles. The summed E-state index contributed by atoms with van der Waals surface area (Å²) >= 11 is 1.33. The molecule has 0 aliphatic carbocycles. The van der Waals surface area contributed by atoms with E-state index in [4.69, 9.17) is 22.9 Å². The Morgan fingerprint density at radius 3 is 1.67 bits per heavy atom. The minimum Gasteiger partial charge on any atom is -0.481 e. The van der Waals surface area contributed by atoms with Crippen LogP contribution in [-0.4, -0.2) is 178 Å². The molecule has 0 radical (unpaired) electrons. The Bertz CT molecular complexity index is 2360. The molecule has 0 aromatic carbocycles. The zero-order valence-corrected chi connectivity index (χ0v) is 49.2. The number of carboxylic acid groups (broad SMARTS) is 1. The van der Waals surface area contributed by atoms with Crippen LogP contribution in [0.1, 0.15) is 130 Å². The zero-order chi connectivity index (χ0) is 62.2. The number of aliphatic imine (C=N–C) groups is 1. The summed E-state index contributed by atoms with van der Waals surface area (Å²) in [5, 5.41) is 35.7. The van der Waals surface area contributed by atoms with Gasteiger partial charge in [-0.1, -0.05) is 40.5 Å². The molecule has 1 fully saturated rings. The van der Waals surface area contributed by atoms with Gasteiger partial charge in [0.15, 0.2) is 5.96 Å². The number of carbonyl (C=O) groups excluding carboxylic acids is 11. The quantitative estimate of drug-likeness (QED) is 0.0341. The first-order valence-corrected chi connectivity index (χ1v) is 29.4. The van der Waals surface area contributed by atoms with Crippen LogP contribution < -0.4 is 76.1 Å². The lowest BCUT2D eigenvalue weighted by atomic mass is 10.0. The first-order chi connectivity index (χ1) is 39.2. The maximum atomic E-state index is 14.2. The van der Waals surface area contributed by atoms with Crippen molar-refractivity contribution in [1.29, 1.82) is 0 Å². The number of H-pyrrole nitrogens is 1. The third-order valence-electron chi connectivity index (χ3n) is 12.9. The number of aromatic nitrogens is 2. The Labute approximate surface area is 487 Å². The molecule has 83 heavy (non-hydrogen) atoms. The maximum Gasteiger partial charge on any atom is 0.303 e. The molecule has 1 aliphatic heterocycles. The Morgan fingerprint density at radius 2 is 1.12 bits per heavy atom. The number of aliphatic carboxylic acids is 1. The molecule has 0 spiro atoms. The fraction of sp³-hybridized carbons (Fsp3) is 0.692. The van der Waals surface area contributed by atoms with E-state index in [0.29, 0.717) is 37.1 Å². The van der Waals surface area contributed by atoms with Gasteiger partial charge in [-0.3, -0.25) is 62.5 Å². The lowest BCUT2D eigenvalue weighted by Crippen LogP contribution is -2.60. The highest BCUT2D eigenvalue weighted by Crippen LogP contribution is 2.13. The van der Waals surface area contributed by atoms with Gasteiger partial charge in [0.1, 0.15) is 54.4 Å². The number of guanidine groups is 1. The standard InChI is InChI=1S/C52H89N17O13S/c1-28(2)22-36-44(75)58-19-10-8-7-9-13-41(71)62-34(16-18-53)48(79)64-33(14-15-42(72)73)47(78)63-32(12-11-20-59-52(55)56)46(77)65-35(17-21-83-6)45(76)61-30(5)43(74)66-37(23-29(3)4)49(80)68-38(24-31-26-57-27-60-31)50(81)69-39(25-40(54)70)51(82)67-36/h26-30,32-39H,7-25,53H2,1-6H3,(H2,54,70)(H,57,60)(H,58,75)(H,61,76)(H,62,71)(H,63,78)(H,64,79)(H,65,77)(H,66,74)(H,67,82)(H,68,80)(H,69,81)(H,72,73)(H4,55,56,59)/t30-,32-,33-,34-,35-,36-,37-,38-,39-/m0/s1. The molecule has 1 aromatic heterocycles. The maximum absolute atomic E-state index is 14.2. The predicted octanol–water partition coefficient (Wildman–Crippen LogP) is -3.60. The first-order valence-electron chi connectivity index (χ1n) is 28.0. The second kappa shape index (κ2) is 38.3. The van der Waals surface area contributed by atoms with E-state index in [1.165, 1.54) is 31.2 Å². The summed E-state index contributed by atoms with van der Waals surface area (Å²) in [5.74, 6) is -10.7. The molecule has 1 aromatic rings. The molecule has 0 saturated carbocycles. The predicted molar refractivity (Wildman–Crippen MR) is 308 cm³/mol. The summed E-state index contributed by atoms with van der Waals surface area (Å²) in [7, 11) is 0. The number of amides is 11. The zero-order valence-electron chi connectivity index (χ0n) is 48.4. The summed E-state index contributed by atoms with van der Waals surface area (Å²) in [5.41, 5.74) is 22.7. The molecule has 11 amide bonds. The molecule has 30 nitrogen and oxygen atoms in total. The normalized spacial score (nSPS) is 24.4. The van der Waals surface area contributed by atoms with Crippen LogP contribution in [0.25, 0.3) is 0 Å². The number of thioether (sulfide) groups is 1. The fourth-order valence-corrected chi connectivity index (χ4v) is 9.04. The van der Waals surface area contributed by atoms with Gasteiger partial charge in [0.2, 0.25) is 65.0 Å². The van der Waals surface area contributed by atoms with Gasteiger partial charge in [0.05, 0.1) is 12.7 Å². The van der Waals surface area contributed by atoms with E-state index in [9.17, 15) is 62.6 Å². The van der Waals surface area contributed by atoms with E-state index in [0.717, 1.165) is 0 Å². The van der Waals surface area contributed by atoms with Crippen LogP contribution in [0.4, 0.5) is 0 Å². The van der Waals surface area contributed by atoms with Gasteiger partial charge in [-0.15, -0.1) is 0 Å². The number of rotatable bonds is 20. The molecule has 1 aliphatic rings. The van der Waals surface area contributed by atoms with Gasteiger partial charge in [-0.25, -0.2) is 4.98 Å². The van der Waals surface area contributed by atoms with E-state index >= 15 is 0 Å². The Kier molecular flexibility index (Phi) is 33.0. The average Bonchev–Trinajstić information content (AvgIpc) is 3.94. The van der Waals surface area contributed by atoms with E-state index in [1.807, 2.05) is 13.8 Å². The number of hydrogen-bond acceptors (Lipinski definition) is 16. The second-order valence-electron chi connectivity index (χ2n) is 21.2. The molecule has 20 N–H and O–H groups in total. The van der Waals surface area contributed by atoms with Crippen LogP contribution in [0, 0.1) is 11.8 Å². The minimum atomic E-state index is -1.62. The molecule has 9 atom stereocenters. The lowest BCUT2D eigenvalue weighted by Gasteiger charge is -2.28. The van der Waals surface area contributed by atoms with Crippen molar-refractivity contribution >= 4 is 88.7 Å². The summed E-state index contributed by atoms with van der Waals surface area (Å²) in [6.07, 6.45) is 4.51. The van der Waals surface area contributed by atoms with Gasteiger partial charge >= 0.3 is 5.97 Å². The number of nitrogens with two attached hydrogens (primary N) is 4. The Hall–Kier alpha value is -7.57. The van der Waals surface area contributed by atoms with Gasteiger partial charge < -0.3 is 86.2 Å². The van der Waals surface area contributed by atoms with Crippen molar-refractivity contribution in [1.82, 2.24) is 63.1 Å². The van der Waals surface area contributed by atoms with Crippen molar-refractivity contribution in [3.8, 4) is 0 Å². The van der Waals surface area contributed by atoms with Crippen molar-refractivity contribution in [2.24, 2.45) is 39.8 Å². The van der Waals surface area contributed by atoms with Crippen LogP contribution in [0.15, 0.2) is 17.5 Å². The molecule has 466 valence electrons. The Morgan fingerprint density at radius 1 is 0.627 bits per heavy atom. The SMILES string of the molecule is CSCC[C@@H]1NC(=O)[C@H](CCCN=C(N)N)NC(=O)[C@H](CCC(=O)O)NC(=O)[C@H](CCN)NC(=O)CCCCCCNC(=O)[C@H](CC(C)C)NC(=O)[C@H](CC(N)=O)NC(=O)[C@H](Cc2cnc[nH]2)NC(=O)[C@H](CC(C)C)NC(=O)[C@H](C)NC1=O. The molecular weight excluding hydrogens is 1100 g/mol. The summed E-state index contributed by atoms with van der Waals surface area (Å²) in [6, 6.07) is -12.4. The van der Waals surface area contributed by atoms with Crippen LogP contribution in [0.5, 0.6) is 0 Å². The number of carboxylic acids is 1. The molecule has 0 bridgehead atoms. The smallest absolute Gasteiger partial charge is 0.303 e. The van der Waals surface area contributed by atoms with Gasteiger partial charge in [0, 0.05) is 44.2 Å². The van der Waals surface area contributed by atoms with Crippen LogP contribution in [0.3, 0.4) is 0 Å². The average molecular weight is 1190 g/mol. The van der Waals surface area contributed by atoms with Crippen molar-refractivity contribution < 1.29 is 62.6 Å². The summed E-state index contributed by atoms with van der Waals surface area (Å²) in [4.78, 5) is 174. The monoisotopic (exact) mass is 1190 g/mol. The van der Waals surface area contributed by atoms with Crippen LogP contribution in [0.2, 0.25) is 0 Å². The van der Waals surface area contributed by atoms with Gasteiger partial charge in [-0.2, -0.15) is 11.8 Å². The van der Waals surface area contributed by atoms with Crippen molar-refractivity contribution in [2.75, 3.05) is 31.6 Å². The first kappa shape index (κ1) is 71.5. The van der Waals surface area contributed by atoms with E-state index in [2.05, 4.69) is 68.1 Å². The van der Waals surface area contributed by atoms with Crippen molar-refractivity contribution in [3.05, 3.63) is 18.2 Å². The van der Waals surface area contributed by atoms with E-state index < -0.39 is 145 Å². The number of carbonyl (C=O) groups is 12. The lowest BCUT2D eigenvalue weighted by molar-refractivity contribution is -0.138. The number of aromatic amines is 1. The Balaban J connectivity index is 2.67. The van der Waals surface area contributed by atoms with Crippen LogP contribution in [-0.2, 0) is 64.0 Å². The third-order valence-corrected chi connectivity index (χ3v) is 13.6. The highest BCUT2D eigenvalue weighted by molar-refractivity contribution is 7.98. The van der Waals surface area contributed by atoms with E-state index in [-0.39, 0.29) is 88.8 Å². The van der Waals surface area contributed by atoms with E-state index in [1.54, 1.807) is 20.1 Å². The van der Waals surface area contributed by atoms with Crippen molar-refractivity contribution in [2.45, 2.75) is 185 Å². The third kappa shape index (κ3) is 28.8. The number of nitrogens with zero attached hydrogens (tertiary/aromatic N) is 2. The fourth-order valence-electron chi connectivity index (χ4n) is 8.57. The highest BCUT2D eigenvalue weighted by atomic mass is 32.2. The number of imidazole rings is 1. The molecule has 31 heteroatoms. The number of hydrogen-bond donors (Lipinski definition) is 16. The minimum absolute atomic E-state index is 0.00584. The summed E-state index contributed by atoms with van der Waals surface area (Å²) in [6.45, 7) is 8.63. The van der Waals surface area contributed by atoms with Crippen LogP contribution >= 0.6 is 11.8 Å². The largest absolute Gasteiger partial charge is 0.481 e. The highest BCUT2D eigenvalue weighted by Gasteiger charge is 2.36. The summed E-state index contributed by atoms with van der Waals surface area (Å²) < 4.78 is 0. The number of primary amides is 1.